The molecule has 3 heterocycles. The number of benzene rings is 1. The third kappa shape index (κ3) is 4.69. The second-order valence-electron chi connectivity index (χ2n) is 6.97. The van der Waals surface area contributed by atoms with Gasteiger partial charge in [0.05, 0.1) is 26.6 Å². The first kappa shape index (κ1) is 20.9. The zero-order valence-electron chi connectivity index (χ0n) is 17.0. The number of hydrogen-bond donors (Lipinski definition) is 0. The van der Waals surface area contributed by atoms with Crippen molar-refractivity contribution in [3.05, 3.63) is 53.1 Å². The molecule has 30 heavy (non-hydrogen) atoms. The van der Waals surface area contributed by atoms with E-state index in [1.807, 2.05) is 54.4 Å². The molecule has 9 heteroatoms. The lowest BCUT2D eigenvalue weighted by Crippen LogP contribution is -2.37. The monoisotopic (exact) mass is 444 g/mol. The highest BCUT2D eigenvalue weighted by Crippen LogP contribution is 2.32. The molecule has 1 fully saturated rings. The Labute approximate surface area is 185 Å². The highest BCUT2D eigenvalue weighted by molar-refractivity contribution is 7.99. The van der Waals surface area contributed by atoms with Gasteiger partial charge in [0.1, 0.15) is 0 Å². The average Bonchev–Trinajstić information content (AvgIpc) is 3.44. The number of nitrogens with zero attached hydrogens (tertiary/aromatic N) is 4. The van der Waals surface area contributed by atoms with Crippen LogP contribution in [0.15, 0.2) is 47.0 Å². The van der Waals surface area contributed by atoms with E-state index in [0.29, 0.717) is 34.9 Å². The normalized spacial score (nSPS) is 16.2. The van der Waals surface area contributed by atoms with Crippen molar-refractivity contribution in [2.24, 2.45) is 0 Å². The highest BCUT2D eigenvalue weighted by atomic mass is 32.2. The molecule has 7 nitrogen and oxygen atoms in total. The fourth-order valence-corrected chi connectivity index (χ4v) is 4.89. The predicted octanol–water partition coefficient (Wildman–Crippen LogP) is 4.25. The summed E-state index contributed by atoms with van der Waals surface area (Å²) in [5.74, 6) is 4.00. The molecule has 2 aromatic heterocycles. The van der Waals surface area contributed by atoms with Crippen LogP contribution in [0.25, 0.3) is 11.5 Å². The summed E-state index contributed by atoms with van der Waals surface area (Å²) in [6.45, 7) is 1.30. The van der Waals surface area contributed by atoms with Gasteiger partial charge in [-0.1, -0.05) is 6.07 Å². The summed E-state index contributed by atoms with van der Waals surface area (Å²) in [5.41, 5.74) is 1.81. The molecular weight excluding hydrogens is 420 g/mol. The Bertz CT molecular complexity index is 1030. The number of rotatable bonds is 8. The van der Waals surface area contributed by atoms with Gasteiger partial charge in [-0.25, -0.2) is 4.68 Å². The Hall–Kier alpha value is -2.36. The van der Waals surface area contributed by atoms with E-state index in [2.05, 4.69) is 15.0 Å². The van der Waals surface area contributed by atoms with Crippen LogP contribution in [-0.4, -0.2) is 51.4 Å². The summed E-state index contributed by atoms with van der Waals surface area (Å²) < 4.78 is 18.2. The molecule has 3 aromatic rings. The van der Waals surface area contributed by atoms with E-state index < -0.39 is 0 Å². The van der Waals surface area contributed by atoms with Crippen molar-refractivity contribution < 1.29 is 13.9 Å². The van der Waals surface area contributed by atoms with E-state index >= 15 is 0 Å². The second kappa shape index (κ2) is 9.63. The third-order valence-corrected chi connectivity index (χ3v) is 6.50. The lowest BCUT2D eigenvalue weighted by atomic mass is 10.2. The van der Waals surface area contributed by atoms with E-state index in [4.69, 9.17) is 26.1 Å². The van der Waals surface area contributed by atoms with Crippen molar-refractivity contribution in [1.29, 1.82) is 0 Å². The summed E-state index contributed by atoms with van der Waals surface area (Å²) in [4.78, 5) is 7.21. The Morgan fingerprint density at radius 2 is 2.10 bits per heavy atom. The maximum Gasteiger partial charge on any atom is 0.288 e. The summed E-state index contributed by atoms with van der Waals surface area (Å²) in [6.07, 6.45) is 2.97. The molecule has 0 amide bonds. The van der Waals surface area contributed by atoms with Gasteiger partial charge in [-0.15, -0.1) is 5.10 Å². The van der Waals surface area contributed by atoms with Crippen LogP contribution in [0, 0.1) is 4.84 Å². The van der Waals surface area contributed by atoms with Gasteiger partial charge in [-0.05, 0) is 54.7 Å². The van der Waals surface area contributed by atoms with Gasteiger partial charge in [0.2, 0.25) is 5.89 Å². The van der Waals surface area contributed by atoms with Crippen molar-refractivity contribution in [3.63, 3.8) is 0 Å². The lowest BCUT2D eigenvalue weighted by molar-refractivity contribution is 0.143. The number of thioether (sulfide) groups is 1. The Kier molecular flexibility index (Phi) is 6.71. The van der Waals surface area contributed by atoms with E-state index in [-0.39, 0.29) is 0 Å². The smallest absolute Gasteiger partial charge is 0.288 e. The van der Waals surface area contributed by atoms with Crippen molar-refractivity contribution >= 4 is 24.0 Å². The topological polar surface area (TPSA) is 65.5 Å². The molecule has 0 bridgehead atoms. The molecule has 4 rings (SSSR count). The zero-order chi connectivity index (χ0) is 20.9. The second-order valence-corrected chi connectivity index (χ2v) is 8.47. The van der Waals surface area contributed by atoms with E-state index in [1.165, 1.54) is 5.75 Å². The number of pyridine rings is 1. The molecule has 1 aliphatic heterocycles. The van der Waals surface area contributed by atoms with Crippen LogP contribution in [0.5, 0.6) is 11.5 Å². The molecule has 158 valence electrons. The van der Waals surface area contributed by atoms with Gasteiger partial charge in [-0.3, -0.25) is 9.88 Å². The Morgan fingerprint density at radius 3 is 2.80 bits per heavy atom. The van der Waals surface area contributed by atoms with Gasteiger partial charge in [0.15, 0.2) is 11.5 Å². The van der Waals surface area contributed by atoms with Crippen LogP contribution < -0.4 is 9.47 Å². The number of hydrogen-bond acceptors (Lipinski definition) is 8. The van der Waals surface area contributed by atoms with Crippen LogP contribution in [0.2, 0.25) is 0 Å². The minimum Gasteiger partial charge on any atom is -0.493 e. The van der Waals surface area contributed by atoms with Crippen LogP contribution in [0.4, 0.5) is 0 Å². The molecule has 1 saturated heterocycles. The molecule has 1 atom stereocenters. The molecule has 0 spiro atoms. The number of aromatic nitrogens is 3. The van der Waals surface area contributed by atoms with Crippen molar-refractivity contribution in [3.8, 4) is 23.0 Å². The Morgan fingerprint density at radius 1 is 1.23 bits per heavy atom. The molecule has 0 N–H and O–H groups in total. The summed E-state index contributed by atoms with van der Waals surface area (Å²) in [7, 11) is 3.21. The number of methoxy groups -OCH3 is 2. The van der Waals surface area contributed by atoms with Crippen LogP contribution >= 0.6 is 24.0 Å². The largest absolute Gasteiger partial charge is 0.493 e. The number of ether oxygens (including phenoxy) is 2. The Balaban J connectivity index is 1.58. The molecule has 1 aromatic carbocycles. The van der Waals surface area contributed by atoms with Gasteiger partial charge < -0.3 is 13.9 Å². The van der Waals surface area contributed by atoms with E-state index in [1.54, 1.807) is 18.9 Å². The van der Waals surface area contributed by atoms with E-state index in [9.17, 15) is 0 Å². The third-order valence-electron chi connectivity index (χ3n) is 5.07. The van der Waals surface area contributed by atoms with Crippen molar-refractivity contribution in [1.82, 2.24) is 19.7 Å². The standard InChI is InChI=1S/C21H24N4O3S2/c1-26-18-7-6-15(11-19(18)27-2)20-23-25(21(29)28-20)14-24(17-8-10-30-13-17)12-16-5-3-4-9-22-16/h3-7,9,11,17H,8,10,12-14H2,1-2H3/t17-/m1/s1. The molecular formula is C21H24N4O3S2. The minimum absolute atomic E-state index is 0.344. The van der Waals surface area contributed by atoms with Crippen molar-refractivity contribution in [2.45, 2.75) is 25.7 Å². The van der Waals surface area contributed by atoms with Crippen LogP contribution in [0.1, 0.15) is 12.1 Å². The quantitative estimate of drug-likeness (QED) is 0.478. The van der Waals surface area contributed by atoms with Crippen molar-refractivity contribution in [2.75, 3.05) is 25.7 Å². The van der Waals surface area contributed by atoms with Gasteiger partial charge >= 0.3 is 0 Å². The first-order valence-corrected chi connectivity index (χ1v) is 11.3. The highest BCUT2D eigenvalue weighted by Gasteiger charge is 2.25. The predicted molar refractivity (Wildman–Crippen MR) is 119 cm³/mol. The average molecular weight is 445 g/mol. The molecule has 0 unspecified atom stereocenters. The lowest BCUT2D eigenvalue weighted by Gasteiger charge is -2.27. The fraction of sp³-hybridized carbons (Fsp3) is 0.381. The van der Waals surface area contributed by atoms with Gasteiger partial charge in [0.25, 0.3) is 4.84 Å². The zero-order valence-corrected chi connectivity index (χ0v) is 18.6. The summed E-state index contributed by atoms with van der Waals surface area (Å²) in [5, 5.41) is 4.64. The fourth-order valence-electron chi connectivity index (χ4n) is 3.46. The first-order chi connectivity index (χ1) is 14.7. The van der Waals surface area contributed by atoms with Gasteiger partial charge in [-0.2, -0.15) is 11.8 Å². The first-order valence-electron chi connectivity index (χ1n) is 9.70. The molecule has 0 aliphatic carbocycles. The van der Waals surface area contributed by atoms with Gasteiger partial charge in [0, 0.05) is 30.1 Å². The van der Waals surface area contributed by atoms with Crippen LogP contribution in [-0.2, 0) is 13.2 Å². The summed E-state index contributed by atoms with van der Waals surface area (Å²) in [6, 6.07) is 12.0. The van der Waals surface area contributed by atoms with E-state index in [0.717, 1.165) is 30.0 Å². The van der Waals surface area contributed by atoms with Crippen LogP contribution in [0.3, 0.4) is 0 Å². The maximum atomic E-state index is 5.81. The SMILES string of the molecule is COc1ccc(-c2nn(CN(Cc3ccccn3)[C@@H]3CCSC3)c(=S)o2)cc1OC. The summed E-state index contributed by atoms with van der Waals surface area (Å²) >= 11 is 7.45. The molecule has 1 aliphatic rings. The molecule has 0 radical (unpaired) electrons. The maximum absolute atomic E-state index is 5.81. The minimum atomic E-state index is 0.344. The molecule has 0 saturated carbocycles.